The van der Waals surface area contributed by atoms with Crippen LogP contribution in [0.2, 0.25) is 0 Å². The van der Waals surface area contributed by atoms with Gasteiger partial charge in [0.2, 0.25) is 0 Å². The minimum atomic E-state index is 1.12. The lowest BCUT2D eigenvalue weighted by Gasteiger charge is -2.32. The van der Waals surface area contributed by atoms with Crippen LogP contribution in [0.4, 0.5) is 34.1 Å². The Bertz CT molecular complexity index is 4250. The van der Waals surface area contributed by atoms with Crippen molar-refractivity contribution in [2.24, 2.45) is 0 Å². The van der Waals surface area contributed by atoms with Crippen LogP contribution in [0, 0.1) is 27.7 Å². The van der Waals surface area contributed by atoms with E-state index < -0.39 is 0 Å². The number of fused-ring (bicyclic) bond motifs is 4. The lowest BCUT2D eigenvalue weighted by atomic mass is 9.84. The highest BCUT2D eigenvalue weighted by Crippen LogP contribution is 2.54. The smallest absolute Gasteiger partial charge is 0.0547 e. The van der Waals surface area contributed by atoms with E-state index in [1.54, 1.807) is 0 Å². The van der Waals surface area contributed by atoms with Gasteiger partial charge in [0.25, 0.3) is 0 Å². The van der Waals surface area contributed by atoms with Gasteiger partial charge in [-0.15, -0.1) is 0 Å². The molecule has 0 aromatic heterocycles. The van der Waals surface area contributed by atoms with Crippen LogP contribution in [-0.4, -0.2) is 0 Å². The molecule has 0 bridgehead atoms. The van der Waals surface area contributed by atoms with Crippen LogP contribution in [-0.2, 0) is 0 Å². The third-order valence-electron chi connectivity index (χ3n) is 16.0. The van der Waals surface area contributed by atoms with Crippen LogP contribution in [0.5, 0.6) is 0 Å². The van der Waals surface area contributed by atoms with Gasteiger partial charge in [-0.05, 0) is 164 Å². The van der Waals surface area contributed by atoms with Gasteiger partial charge in [-0.2, -0.15) is 0 Å². The third-order valence-corrected chi connectivity index (χ3v) is 16.0. The first-order valence-corrected chi connectivity index (χ1v) is 25.8. The number of benzene rings is 14. The fourth-order valence-electron chi connectivity index (χ4n) is 12.0. The molecule has 0 radical (unpaired) electrons. The summed E-state index contributed by atoms with van der Waals surface area (Å²) < 4.78 is 0. The molecule has 2 nitrogen and oxygen atoms in total. The molecule has 0 aliphatic heterocycles. The van der Waals surface area contributed by atoms with Crippen molar-refractivity contribution in [3.05, 3.63) is 265 Å². The molecule has 0 saturated carbocycles. The van der Waals surface area contributed by atoms with E-state index in [0.717, 1.165) is 34.1 Å². The predicted octanol–water partition coefficient (Wildman–Crippen LogP) is 20.7. The molecule has 14 aromatic rings. The van der Waals surface area contributed by atoms with Gasteiger partial charge in [0.15, 0.2) is 0 Å². The molecular weight excluding hydrogens is 893 g/mol. The Kier molecular flexibility index (Phi) is 10.1. The summed E-state index contributed by atoms with van der Waals surface area (Å²) in [5.41, 5.74) is 16.6. The van der Waals surface area contributed by atoms with Crippen molar-refractivity contribution in [2.75, 3.05) is 9.80 Å². The molecule has 14 aromatic carbocycles. The van der Waals surface area contributed by atoms with Crippen LogP contribution in [0.15, 0.2) is 243 Å². The zero-order chi connectivity index (χ0) is 49.6. The maximum atomic E-state index is 2.54. The molecule has 0 aliphatic carbocycles. The molecule has 2 heteroatoms. The van der Waals surface area contributed by atoms with E-state index in [1.165, 1.54) is 120 Å². The van der Waals surface area contributed by atoms with Crippen molar-refractivity contribution in [3.8, 4) is 22.3 Å². The number of nitrogens with zero attached hydrogens (tertiary/aromatic N) is 2. The molecule has 0 saturated heterocycles. The molecule has 0 unspecified atom stereocenters. The Balaban J connectivity index is 1.20. The molecule has 350 valence electrons. The molecule has 0 fully saturated rings. The SMILES string of the molecule is Cc1ccc(N(c2cccc3ccccc23)c2cc(-c3cccc4ccccc34)c3ccc4c(N(c5ccc(C)c(C)c5)c5cccc6ccccc56)cc(-c5cccc6ccccc56)c5ccc2c3c54)cc1C. The van der Waals surface area contributed by atoms with Gasteiger partial charge in [-0.25, -0.2) is 0 Å². The average Bonchev–Trinajstić information content (AvgIpc) is 3.45. The summed E-state index contributed by atoms with van der Waals surface area (Å²) in [6.45, 7) is 8.89. The van der Waals surface area contributed by atoms with Gasteiger partial charge in [-0.1, -0.05) is 194 Å². The molecule has 0 N–H and O–H groups in total. The molecule has 0 heterocycles. The Morgan fingerprint density at radius 2 is 0.554 bits per heavy atom. The third kappa shape index (κ3) is 6.86. The lowest BCUT2D eigenvalue weighted by molar-refractivity contribution is 1.27. The maximum Gasteiger partial charge on any atom is 0.0547 e. The van der Waals surface area contributed by atoms with E-state index in [-0.39, 0.29) is 0 Å². The number of hydrogen-bond acceptors (Lipinski definition) is 2. The minimum absolute atomic E-state index is 1.12. The number of anilines is 6. The fourth-order valence-corrected chi connectivity index (χ4v) is 12.0. The quantitative estimate of drug-likeness (QED) is 0.140. The summed E-state index contributed by atoms with van der Waals surface area (Å²) in [5.74, 6) is 0. The summed E-state index contributed by atoms with van der Waals surface area (Å²) in [7, 11) is 0. The summed E-state index contributed by atoms with van der Waals surface area (Å²) >= 11 is 0. The van der Waals surface area contributed by atoms with Gasteiger partial charge in [0, 0.05) is 43.7 Å². The van der Waals surface area contributed by atoms with Crippen molar-refractivity contribution in [2.45, 2.75) is 27.7 Å². The highest BCUT2D eigenvalue weighted by Gasteiger charge is 2.28. The Hall–Kier alpha value is -9.24. The van der Waals surface area contributed by atoms with Crippen molar-refractivity contribution < 1.29 is 0 Å². The normalized spacial score (nSPS) is 11.8. The fraction of sp³-hybridized carbons (Fsp3) is 0.0556. The monoisotopic (exact) mass is 944 g/mol. The molecule has 0 aliphatic rings. The van der Waals surface area contributed by atoms with Crippen molar-refractivity contribution in [3.63, 3.8) is 0 Å². The largest absolute Gasteiger partial charge is 0.309 e. The van der Waals surface area contributed by atoms with E-state index in [1.807, 2.05) is 0 Å². The van der Waals surface area contributed by atoms with E-state index in [9.17, 15) is 0 Å². The summed E-state index contributed by atoms with van der Waals surface area (Å²) in [6, 6.07) is 91.0. The zero-order valence-corrected chi connectivity index (χ0v) is 42.0. The first-order valence-electron chi connectivity index (χ1n) is 25.8. The van der Waals surface area contributed by atoms with Crippen molar-refractivity contribution in [1.29, 1.82) is 0 Å². The standard InChI is InChI=1S/C72H52N2/c1-45-33-35-53(41-47(45)3)73(67-31-15-23-51-19-7-11-27-57(51)67)69-43-65(59-29-13-21-49-17-5-9-25-55(49)59)61-38-40-64-70(74(54-36-34-46(2)48(4)42-54)68-32-16-24-52-20-8-12-28-58(52)68)44-66(62-37-39-63(69)71(61)72(62)64)60-30-14-22-50-18-6-10-26-56(50)60/h5-44H,1-4H3. The van der Waals surface area contributed by atoms with Crippen molar-refractivity contribution in [1.82, 2.24) is 0 Å². The van der Waals surface area contributed by atoms with E-state index >= 15 is 0 Å². The molecule has 0 spiro atoms. The first-order chi connectivity index (χ1) is 36.4. The molecular formula is C72H52N2. The highest BCUT2D eigenvalue weighted by molar-refractivity contribution is 6.33. The van der Waals surface area contributed by atoms with E-state index in [0.29, 0.717) is 0 Å². The molecule has 0 atom stereocenters. The Morgan fingerprint density at radius 3 is 0.959 bits per heavy atom. The average molecular weight is 945 g/mol. The summed E-state index contributed by atoms with van der Waals surface area (Å²) in [6.07, 6.45) is 0. The van der Waals surface area contributed by atoms with Gasteiger partial charge < -0.3 is 9.80 Å². The maximum absolute atomic E-state index is 2.54. The minimum Gasteiger partial charge on any atom is -0.309 e. The van der Waals surface area contributed by atoms with Crippen LogP contribution >= 0.6 is 0 Å². The summed E-state index contributed by atoms with van der Waals surface area (Å²) in [4.78, 5) is 5.08. The van der Waals surface area contributed by atoms with E-state index in [4.69, 9.17) is 0 Å². The van der Waals surface area contributed by atoms with Gasteiger partial charge in [0.1, 0.15) is 0 Å². The first kappa shape index (κ1) is 43.5. The van der Waals surface area contributed by atoms with Crippen LogP contribution in [0.1, 0.15) is 22.3 Å². The Labute approximate surface area is 432 Å². The number of aryl methyl sites for hydroxylation is 4. The lowest BCUT2D eigenvalue weighted by Crippen LogP contribution is -2.13. The second-order valence-electron chi connectivity index (χ2n) is 20.2. The topological polar surface area (TPSA) is 6.48 Å². The second-order valence-corrected chi connectivity index (χ2v) is 20.2. The van der Waals surface area contributed by atoms with Gasteiger partial charge in [-0.3, -0.25) is 0 Å². The highest BCUT2D eigenvalue weighted by atomic mass is 15.2. The van der Waals surface area contributed by atoms with Crippen LogP contribution in [0.3, 0.4) is 0 Å². The molecule has 74 heavy (non-hydrogen) atoms. The number of rotatable bonds is 8. The van der Waals surface area contributed by atoms with Crippen LogP contribution < -0.4 is 9.80 Å². The van der Waals surface area contributed by atoms with Crippen molar-refractivity contribution >= 4 is 110 Å². The van der Waals surface area contributed by atoms with Gasteiger partial charge in [0.05, 0.1) is 22.7 Å². The zero-order valence-electron chi connectivity index (χ0n) is 42.0. The molecule has 0 amide bonds. The number of hydrogen-bond donors (Lipinski definition) is 0. The van der Waals surface area contributed by atoms with E-state index in [2.05, 4.69) is 280 Å². The summed E-state index contributed by atoms with van der Waals surface area (Å²) in [5, 5.41) is 17.0. The molecule has 14 rings (SSSR count). The second kappa shape index (κ2) is 17.2. The van der Waals surface area contributed by atoms with Gasteiger partial charge >= 0.3 is 0 Å². The van der Waals surface area contributed by atoms with Crippen LogP contribution in [0.25, 0.3) is 97.7 Å². The predicted molar refractivity (Wildman–Crippen MR) is 319 cm³/mol. The Morgan fingerprint density at radius 1 is 0.216 bits per heavy atom.